The maximum absolute atomic E-state index is 10.8. The predicted octanol–water partition coefficient (Wildman–Crippen LogP) is 3.96. The highest BCUT2D eigenvalue weighted by Gasteiger charge is 2.24. The van der Waals surface area contributed by atoms with Crippen LogP contribution in [0.4, 0.5) is 0 Å². The number of aryl methyl sites for hydroxylation is 1. The summed E-state index contributed by atoms with van der Waals surface area (Å²) in [6.07, 6.45) is 3.80. The number of hydrogen-bond donors (Lipinski definition) is 0. The van der Waals surface area contributed by atoms with Crippen LogP contribution in [0.2, 0.25) is 5.02 Å². The third-order valence-electron chi connectivity index (χ3n) is 3.59. The van der Waals surface area contributed by atoms with Crippen LogP contribution in [0.3, 0.4) is 0 Å². The number of benzene rings is 1. The molecule has 25 heavy (non-hydrogen) atoms. The number of ether oxygens (including phenoxy) is 1. The second-order valence-corrected chi connectivity index (χ2v) is 8.54. The van der Waals surface area contributed by atoms with Crippen LogP contribution in [-0.2, 0) is 21.4 Å². The zero-order valence-electron chi connectivity index (χ0n) is 14.3. The molecule has 2 rings (SSSR count). The van der Waals surface area contributed by atoms with E-state index in [9.17, 15) is 13.0 Å². The van der Waals surface area contributed by atoms with E-state index in [1.807, 2.05) is 38.1 Å². The van der Waals surface area contributed by atoms with Crippen LogP contribution in [-0.4, -0.2) is 25.3 Å². The first-order valence-electron chi connectivity index (χ1n) is 8.24. The Kier molecular flexibility index (Phi) is 7.25. The number of aromatic nitrogens is 1. The summed E-state index contributed by atoms with van der Waals surface area (Å²) in [5, 5.41) is 1.62. The van der Waals surface area contributed by atoms with E-state index >= 15 is 0 Å². The van der Waals surface area contributed by atoms with Crippen molar-refractivity contribution >= 4 is 49.0 Å². The second-order valence-electron chi connectivity index (χ2n) is 5.55. The van der Waals surface area contributed by atoms with Gasteiger partial charge in [-0.15, -0.1) is 0 Å². The maximum atomic E-state index is 10.8. The molecule has 2 aromatic rings. The van der Waals surface area contributed by atoms with Gasteiger partial charge >= 0.3 is 5.01 Å². The Bertz CT molecular complexity index is 859. The molecule has 1 aromatic heterocycles. The molecule has 0 radical (unpaired) electrons. The molecule has 0 saturated heterocycles. The average Bonchev–Trinajstić information content (AvgIpc) is 2.88. The van der Waals surface area contributed by atoms with E-state index in [1.165, 1.54) is 0 Å². The largest absolute Gasteiger partial charge is 0.748 e. The van der Waals surface area contributed by atoms with Crippen molar-refractivity contribution in [2.45, 2.75) is 39.7 Å². The fourth-order valence-electron chi connectivity index (χ4n) is 2.56. The van der Waals surface area contributed by atoms with Crippen LogP contribution >= 0.6 is 22.9 Å². The fraction of sp³-hybridized carbons (Fsp3) is 0.471. The zero-order chi connectivity index (χ0) is 18.4. The minimum absolute atomic E-state index is 0.331. The van der Waals surface area contributed by atoms with Gasteiger partial charge in [0.2, 0.25) is 5.52 Å². The molecule has 0 fully saturated rings. The van der Waals surface area contributed by atoms with E-state index in [0.29, 0.717) is 31.0 Å². The van der Waals surface area contributed by atoms with Crippen LogP contribution in [0.1, 0.15) is 38.1 Å². The number of halogens is 1. The normalized spacial score (nSPS) is 12.7. The topological polar surface area (TPSA) is 70.3 Å². The smallest absolute Gasteiger partial charge is 0.305 e. The zero-order valence-corrected chi connectivity index (χ0v) is 16.7. The molecule has 0 N–H and O–H groups in total. The summed E-state index contributed by atoms with van der Waals surface area (Å²) < 4.78 is 41.3. The van der Waals surface area contributed by atoms with Gasteiger partial charge in [-0.1, -0.05) is 29.9 Å². The Hall–Kier alpha value is -1.15. The standard InChI is InChI=1S/C17H22ClNO4S2/c1-3-7-15(23-4-2)17-19(10-5-6-11-25(20,21)22)14-12-13(18)8-9-16(14)24-17/h7-9,12H,3-6,10-11H2,1-2H3. The number of nitrogens with zero attached hydrogens (tertiary/aromatic N) is 1. The van der Waals surface area contributed by atoms with Gasteiger partial charge in [0, 0.05) is 23.3 Å². The van der Waals surface area contributed by atoms with Crippen LogP contribution in [0.5, 0.6) is 0 Å². The van der Waals surface area contributed by atoms with Crippen molar-refractivity contribution in [1.29, 1.82) is 0 Å². The molecule has 1 heterocycles. The number of thiazole rings is 1. The summed E-state index contributed by atoms with van der Waals surface area (Å²) in [4.78, 5) is 0. The fourth-order valence-corrected chi connectivity index (χ4v) is 4.44. The molecular weight excluding hydrogens is 382 g/mol. The Morgan fingerprint density at radius 2 is 2.12 bits per heavy atom. The first-order chi connectivity index (χ1) is 11.9. The van der Waals surface area contributed by atoms with Crippen molar-refractivity contribution in [3.05, 3.63) is 34.3 Å². The van der Waals surface area contributed by atoms with Crippen molar-refractivity contribution in [3.63, 3.8) is 0 Å². The van der Waals surface area contributed by atoms with E-state index in [1.54, 1.807) is 11.3 Å². The molecule has 0 spiro atoms. The quantitative estimate of drug-likeness (QED) is 0.275. The van der Waals surface area contributed by atoms with E-state index in [0.717, 1.165) is 27.4 Å². The number of fused-ring (bicyclic) bond motifs is 1. The van der Waals surface area contributed by atoms with Crippen molar-refractivity contribution < 1.29 is 22.3 Å². The molecule has 5 nitrogen and oxygen atoms in total. The van der Waals surface area contributed by atoms with E-state index in [-0.39, 0.29) is 5.75 Å². The third kappa shape index (κ3) is 5.67. The Balaban J connectivity index is 2.37. The SMILES string of the molecule is CCC=C(OCC)c1sc2ccc(Cl)cc2[n+]1CCCCS(=O)(=O)[O-]. The molecule has 0 aliphatic rings. The van der Waals surface area contributed by atoms with Gasteiger partial charge in [0.1, 0.15) is 4.70 Å². The van der Waals surface area contributed by atoms with Gasteiger partial charge < -0.3 is 9.29 Å². The van der Waals surface area contributed by atoms with Gasteiger partial charge in [0.15, 0.2) is 12.3 Å². The van der Waals surface area contributed by atoms with Gasteiger partial charge in [0.05, 0.1) is 16.7 Å². The monoisotopic (exact) mass is 403 g/mol. The second kappa shape index (κ2) is 8.98. The molecule has 0 bridgehead atoms. The highest BCUT2D eigenvalue weighted by Crippen LogP contribution is 2.28. The number of allylic oxidation sites excluding steroid dienone is 1. The van der Waals surface area contributed by atoms with Crippen LogP contribution in [0, 0.1) is 0 Å². The summed E-state index contributed by atoms with van der Waals surface area (Å²) in [5.74, 6) is 0.480. The molecule has 0 atom stereocenters. The summed E-state index contributed by atoms with van der Waals surface area (Å²) in [6.45, 7) is 5.15. The van der Waals surface area contributed by atoms with E-state index < -0.39 is 10.1 Å². The summed E-state index contributed by atoms with van der Waals surface area (Å²) in [7, 11) is -4.17. The highest BCUT2D eigenvalue weighted by atomic mass is 35.5. The van der Waals surface area contributed by atoms with Gasteiger partial charge in [-0.2, -0.15) is 4.57 Å². The van der Waals surface area contributed by atoms with Gasteiger partial charge in [0.25, 0.3) is 0 Å². The molecule has 1 aromatic carbocycles. The lowest BCUT2D eigenvalue weighted by atomic mass is 10.3. The van der Waals surface area contributed by atoms with Gasteiger partial charge in [-0.3, -0.25) is 0 Å². The van der Waals surface area contributed by atoms with Crippen molar-refractivity contribution in [3.8, 4) is 0 Å². The summed E-state index contributed by atoms with van der Waals surface area (Å²) in [6, 6.07) is 5.72. The number of rotatable bonds is 9. The van der Waals surface area contributed by atoms with Crippen LogP contribution < -0.4 is 4.57 Å². The molecule has 0 saturated carbocycles. The first-order valence-corrected chi connectivity index (χ1v) is 11.0. The third-order valence-corrected chi connectivity index (χ3v) is 5.79. The predicted molar refractivity (Wildman–Crippen MR) is 101 cm³/mol. The van der Waals surface area contributed by atoms with Gasteiger partial charge in [-0.05, 0) is 38.0 Å². The molecule has 0 unspecified atom stereocenters. The van der Waals surface area contributed by atoms with E-state index in [2.05, 4.69) is 4.57 Å². The van der Waals surface area contributed by atoms with Crippen molar-refractivity contribution in [1.82, 2.24) is 0 Å². The Morgan fingerprint density at radius 1 is 1.36 bits per heavy atom. The Morgan fingerprint density at radius 3 is 2.76 bits per heavy atom. The molecular formula is C17H22ClNO4S2. The van der Waals surface area contributed by atoms with Crippen LogP contribution in [0.25, 0.3) is 16.0 Å². The molecule has 0 aliphatic carbocycles. The average molecular weight is 404 g/mol. The minimum atomic E-state index is -4.17. The molecule has 0 aliphatic heterocycles. The van der Waals surface area contributed by atoms with Crippen molar-refractivity contribution in [2.75, 3.05) is 12.4 Å². The highest BCUT2D eigenvalue weighted by molar-refractivity contribution is 7.85. The van der Waals surface area contributed by atoms with E-state index in [4.69, 9.17) is 16.3 Å². The molecule has 8 heteroatoms. The lowest BCUT2D eigenvalue weighted by Gasteiger charge is -2.07. The molecule has 138 valence electrons. The lowest BCUT2D eigenvalue weighted by Crippen LogP contribution is -2.36. The summed E-state index contributed by atoms with van der Waals surface area (Å²) in [5.41, 5.74) is 0.985. The first kappa shape index (κ1) is 20.2. The lowest BCUT2D eigenvalue weighted by molar-refractivity contribution is -0.670. The number of unbranched alkanes of at least 4 members (excludes halogenated alkanes) is 1. The maximum Gasteiger partial charge on any atom is 0.305 e. The summed E-state index contributed by atoms with van der Waals surface area (Å²) >= 11 is 7.76. The number of hydrogen-bond acceptors (Lipinski definition) is 5. The van der Waals surface area contributed by atoms with Crippen molar-refractivity contribution in [2.24, 2.45) is 0 Å². The van der Waals surface area contributed by atoms with Gasteiger partial charge in [-0.25, -0.2) is 8.42 Å². The Labute approximate surface area is 157 Å². The molecule has 0 amide bonds. The minimum Gasteiger partial charge on any atom is -0.748 e. The van der Waals surface area contributed by atoms with Crippen LogP contribution in [0.15, 0.2) is 24.3 Å².